The van der Waals surface area contributed by atoms with Crippen LogP contribution in [0.25, 0.3) is 0 Å². The van der Waals surface area contributed by atoms with Crippen LogP contribution in [0.4, 0.5) is 0 Å². The second-order valence-corrected chi connectivity index (χ2v) is 12.8. The van der Waals surface area contributed by atoms with Crippen LogP contribution in [0.3, 0.4) is 0 Å². The van der Waals surface area contributed by atoms with Crippen LogP contribution in [0, 0.1) is 11.3 Å². The number of H-pyrrole nitrogens is 1. The van der Waals surface area contributed by atoms with Crippen LogP contribution in [-0.2, 0) is 35.5 Å². The molecule has 3 aromatic rings. The number of esters is 1. The molecule has 2 aliphatic rings. The van der Waals surface area contributed by atoms with Crippen molar-refractivity contribution >= 4 is 5.97 Å². The van der Waals surface area contributed by atoms with Gasteiger partial charge in [-0.25, -0.2) is 9.97 Å². The average molecular weight is 576 g/mol. The quantitative estimate of drug-likeness (QED) is 0.278. The third kappa shape index (κ3) is 8.30. The Labute approximate surface area is 251 Å². The molecule has 1 aromatic carbocycles. The second-order valence-electron chi connectivity index (χ2n) is 12.8. The Bertz CT molecular complexity index is 1230. The van der Waals surface area contributed by atoms with Crippen molar-refractivity contribution in [3.8, 4) is 0 Å². The number of carbonyl (C=O) groups excluding carboxylic acids is 1. The third-order valence-electron chi connectivity index (χ3n) is 9.09. The molecule has 1 spiro atoms. The first-order valence-corrected chi connectivity index (χ1v) is 15.7. The van der Waals surface area contributed by atoms with Gasteiger partial charge in [-0.3, -0.25) is 4.79 Å². The largest absolute Gasteiger partial charge is 0.469 e. The molecule has 0 aliphatic carbocycles. The summed E-state index contributed by atoms with van der Waals surface area (Å²) in [5.74, 6) is 2.52. The number of aromatic amines is 1. The molecular formula is C33H49N7O2. The summed E-state index contributed by atoms with van der Waals surface area (Å²) in [5, 5.41) is 3.72. The first kappa shape index (κ1) is 30.4. The van der Waals surface area contributed by atoms with Crippen molar-refractivity contribution in [1.29, 1.82) is 0 Å². The van der Waals surface area contributed by atoms with Crippen molar-refractivity contribution in [3.05, 3.63) is 71.8 Å². The summed E-state index contributed by atoms with van der Waals surface area (Å²) < 4.78 is 7.10. The Morgan fingerprint density at radius 3 is 2.45 bits per heavy atom. The lowest BCUT2D eigenvalue weighted by Crippen LogP contribution is -2.42. The van der Waals surface area contributed by atoms with Crippen molar-refractivity contribution < 1.29 is 9.53 Å². The van der Waals surface area contributed by atoms with Gasteiger partial charge in [-0.1, -0.05) is 38.1 Å². The number of benzene rings is 1. The minimum atomic E-state index is -0.224. The molecule has 9 nitrogen and oxygen atoms in total. The highest BCUT2D eigenvalue weighted by Crippen LogP contribution is 2.40. The normalized spacial score (nSPS) is 18.2. The minimum absolute atomic E-state index is 0.0203. The van der Waals surface area contributed by atoms with Gasteiger partial charge in [-0.15, -0.1) is 0 Å². The predicted octanol–water partition coefficient (Wildman–Crippen LogP) is 4.23. The predicted molar refractivity (Wildman–Crippen MR) is 165 cm³/mol. The summed E-state index contributed by atoms with van der Waals surface area (Å²) in [6.07, 6.45) is 13.9. The minimum Gasteiger partial charge on any atom is -0.469 e. The molecule has 0 amide bonds. The Balaban J connectivity index is 1.14. The molecule has 2 fully saturated rings. The average Bonchev–Trinajstić information content (AvgIpc) is 3.75. The highest BCUT2D eigenvalue weighted by molar-refractivity contribution is 5.72. The molecule has 4 heterocycles. The SMILES string of the molecule is COC(=O)Cc1ccc(CNC(Cc2ncc[nH]2)c2nccn2CCCN2CCC3(CCN(CC(C)C)CC3)C2)cc1. The van der Waals surface area contributed by atoms with E-state index >= 15 is 0 Å². The Kier molecular flexibility index (Phi) is 10.5. The van der Waals surface area contributed by atoms with Crippen LogP contribution in [-0.4, -0.2) is 81.7 Å². The summed E-state index contributed by atoms with van der Waals surface area (Å²) in [6.45, 7) is 13.7. The van der Waals surface area contributed by atoms with Crippen LogP contribution >= 0.6 is 0 Å². The number of aryl methyl sites for hydroxylation is 1. The molecule has 5 rings (SSSR count). The van der Waals surface area contributed by atoms with E-state index in [2.05, 4.69) is 61.8 Å². The molecule has 2 N–H and O–H groups in total. The fourth-order valence-electron chi connectivity index (χ4n) is 6.75. The summed E-state index contributed by atoms with van der Waals surface area (Å²) in [4.78, 5) is 29.5. The number of nitrogens with one attached hydrogen (secondary N) is 2. The molecule has 1 atom stereocenters. The van der Waals surface area contributed by atoms with Crippen molar-refractivity contribution in [2.45, 2.75) is 71.5 Å². The maximum atomic E-state index is 11.6. The molecule has 228 valence electrons. The number of ether oxygens (including phenoxy) is 1. The van der Waals surface area contributed by atoms with E-state index in [4.69, 9.17) is 9.72 Å². The fourth-order valence-corrected chi connectivity index (χ4v) is 6.75. The lowest BCUT2D eigenvalue weighted by atomic mass is 9.77. The number of piperidine rings is 1. The Hall–Kier alpha value is -3.01. The first-order valence-electron chi connectivity index (χ1n) is 15.7. The van der Waals surface area contributed by atoms with Gasteiger partial charge in [0.25, 0.3) is 0 Å². The van der Waals surface area contributed by atoms with Gasteiger partial charge in [0.15, 0.2) is 0 Å². The number of rotatable bonds is 14. The van der Waals surface area contributed by atoms with E-state index < -0.39 is 0 Å². The van der Waals surface area contributed by atoms with Gasteiger partial charge < -0.3 is 29.4 Å². The van der Waals surface area contributed by atoms with Crippen LogP contribution < -0.4 is 5.32 Å². The summed E-state index contributed by atoms with van der Waals surface area (Å²) in [5.41, 5.74) is 2.65. The first-order chi connectivity index (χ1) is 20.4. The molecule has 0 bridgehead atoms. The zero-order valence-electron chi connectivity index (χ0n) is 25.7. The molecule has 9 heteroatoms. The smallest absolute Gasteiger partial charge is 0.309 e. The number of likely N-dealkylation sites (tertiary alicyclic amines) is 2. The highest BCUT2D eigenvalue weighted by Gasteiger charge is 2.40. The van der Waals surface area contributed by atoms with Gasteiger partial charge in [0.05, 0.1) is 19.6 Å². The number of hydrogen-bond donors (Lipinski definition) is 2. The van der Waals surface area contributed by atoms with Crippen molar-refractivity contribution in [3.63, 3.8) is 0 Å². The van der Waals surface area contributed by atoms with Gasteiger partial charge in [0, 0.05) is 57.4 Å². The summed E-state index contributed by atoms with van der Waals surface area (Å²) >= 11 is 0. The van der Waals surface area contributed by atoms with Crippen LogP contribution in [0.2, 0.25) is 0 Å². The maximum Gasteiger partial charge on any atom is 0.309 e. The molecular weight excluding hydrogens is 526 g/mol. The third-order valence-corrected chi connectivity index (χ3v) is 9.09. The number of methoxy groups -OCH3 is 1. The molecule has 0 radical (unpaired) electrons. The zero-order chi connectivity index (χ0) is 29.4. The molecule has 0 saturated carbocycles. The fraction of sp³-hybridized carbons (Fsp3) is 0.606. The standard InChI is InChI=1S/C33H49N7O2/c1-26(2)24-38-17-9-33(10-18-38)11-19-39(25-33)15-4-16-40-20-14-36-32(40)29(22-30-34-12-13-35-30)37-23-28-7-5-27(6-8-28)21-31(41)42-3/h5-8,12-14,20,26,29,37H,4,9-11,15-19,21-25H2,1-3H3,(H,34,35). The number of nitrogens with zero attached hydrogens (tertiary/aromatic N) is 5. The monoisotopic (exact) mass is 575 g/mol. The van der Waals surface area contributed by atoms with Gasteiger partial charge in [-0.2, -0.15) is 0 Å². The van der Waals surface area contributed by atoms with E-state index in [1.807, 2.05) is 24.5 Å². The van der Waals surface area contributed by atoms with Crippen molar-refractivity contribution in [1.82, 2.24) is 34.6 Å². The van der Waals surface area contributed by atoms with E-state index in [-0.39, 0.29) is 18.4 Å². The van der Waals surface area contributed by atoms with E-state index in [9.17, 15) is 4.79 Å². The van der Waals surface area contributed by atoms with E-state index in [0.717, 1.165) is 54.6 Å². The second kappa shape index (κ2) is 14.4. The lowest BCUT2D eigenvalue weighted by molar-refractivity contribution is -0.139. The van der Waals surface area contributed by atoms with E-state index in [0.29, 0.717) is 12.0 Å². The lowest BCUT2D eigenvalue weighted by Gasteiger charge is -2.40. The van der Waals surface area contributed by atoms with Crippen molar-refractivity contribution in [2.75, 3.05) is 46.4 Å². The molecule has 2 aliphatic heterocycles. The molecule has 42 heavy (non-hydrogen) atoms. The summed E-state index contributed by atoms with van der Waals surface area (Å²) in [6, 6.07) is 8.14. The van der Waals surface area contributed by atoms with Gasteiger partial charge >= 0.3 is 5.97 Å². The van der Waals surface area contributed by atoms with Crippen LogP contribution in [0.5, 0.6) is 0 Å². The van der Waals surface area contributed by atoms with E-state index in [1.165, 1.54) is 59.1 Å². The Morgan fingerprint density at radius 1 is 1.02 bits per heavy atom. The molecule has 2 aromatic heterocycles. The maximum absolute atomic E-state index is 11.6. The topological polar surface area (TPSA) is 91.3 Å². The molecule has 2 saturated heterocycles. The zero-order valence-corrected chi connectivity index (χ0v) is 25.7. The van der Waals surface area contributed by atoms with Crippen LogP contribution in [0.15, 0.2) is 49.1 Å². The highest BCUT2D eigenvalue weighted by atomic mass is 16.5. The number of carbonyl (C=O) groups is 1. The summed E-state index contributed by atoms with van der Waals surface area (Å²) in [7, 11) is 1.42. The van der Waals surface area contributed by atoms with E-state index in [1.54, 1.807) is 6.20 Å². The number of imidazole rings is 2. The van der Waals surface area contributed by atoms with Crippen molar-refractivity contribution in [2.24, 2.45) is 11.3 Å². The van der Waals surface area contributed by atoms with Gasteiger partial charge in [0.2, 0.25) is 0 Å². The number of hydrogen-bond acceptors (Lipinski definition) is 7. The molecule has 1 unspecified atom stereocenters. The van der Waals surface area contributed by atoms with Gasteiger partial charge in [0.1, 0.15) is 11.6 Å². The van der Waals surface area contributed by atoms with Crippen LogP contribution in [0.1, 0.15) is 68.3 Å². The number of aromatic nitrogens is 4. The van der Waals surface area contributed by atoms with Gasteiger partial charge in [-0.05, 0) is 74.3 Å². The Morgan fingerprint density at radius 2 is 1.76 bits per heavy atom.